The van der Waals surface area contributed by atoms with Crippen LogP contribution in [0.4, 0.5) is 0 Å². The van der Waals surface area contributed by atoms with Gasteiger partial charge in [-0.1, -0.05) is 22.0 Å². The van der Waals surface area contributed by atoms with E-state index in [0.29, 0.717) is 19.0 Å². The van der Waals surface area contributed by atoms with Crippen LogP contribution in [0.1, 0.15) is 27.6 Å². The third-order valence-corrected chi connectivity index (χ3v) is 5.16. The van der Waals surface area contributed by atoms with E-state index in [1.54, 1.807) is 6.07 Å². The lowest BCUT2D eigenvalue weighted by atomic mass is 10.0. The van der Waals surface area contributed by atoms with Gasteiger partial charge in [0.1, 0.15) is 5.75 Å². The number of aromatic hydroxyl groups is 1. The van der Waals surface area contributed by atoms with Crippen LogP contribution in [0, 0.1) is 0 Å². The van der Waals surface area contributed by atoms with Crippen molar-refractivity contribution in [3.05, 3.63) is 29.3 Å². The number of fused-ring (bicyclic) bond motifs is 1. The average Bonchev–Trinajstić information content (AvgIpc) is 2.50. The summed E-state index contributed by atoms with van der Waals surface area (Å²) in [5.41, 5.74) is 2.37. The molecule has 1 aromatic rings. The van der Waals surface area contributed by atoms with E-state index in [1.807, 2.05) is 23.9 Å². The molecule has 5 heteroatoms. The van der Waals surface area contributed by atoms with Crippen LogP contribution in [0.2, 0.25) is 0 Å². The van der Waals surface area contributed by atoms with Gasteiger partial charge in [-0.25, -0.2) is 0 Å². The summed E-state index contributed by atoms with van der Waals surface area (Å²) in [6.07, 6.45) is 1.04. The molecular formula is C13H17BrO3S. The van der Waals surface area contributed by atoms with Gasteiger partial charge in [-0.3, -0.25) is 0 Å². The summed E-state index contributed by atoms with van der Waals surface area (Å²) >= 11 is 5.54. The molecular weight excluding hydrogens is 316 g/mol. The highest BCUT2D eigenvalue weighted by Gasteiger charge is 2.24. The van der Waals surface area contributed by atoms with Crippen molar-refractivity contribution in [2.24, 2.45) is 0 Å². The van der Waals surface area contributed by atoms with Gasteiger partial charge in [0.05, 0.1) is 25.1 Å². The molecule has 100 valence electrons. The maximum Gasteiger partial charge on any atom is 0.115 e. The van der Waals surface area contributed by atoms with Crippen LogP contribution in [0.5, 0.6) is 5.75 Å². The van der Waals surface area contributed by atoms with E-state index in [1.165, 1.54) is 5.56 Å². The van der Waals surface area contributed by atoms with Crippen molar-refractivity contribution in [1.29, 1.82) is 0 Å². The van der Waals surface area contributed by atoms with Crippen molar-refractivity contribution in [2.45, 2.75) is 16.5 Å². The van der Waals surface area contributed by atoms with Gasteiger partial charge < -0.3 is 14.9 Å². The van der Waals surface area contributed by atoms with Crippen LogP contribution in [0.15, 0.2) is 18.2 Å². The van der Waals surface area contributed by atoms with Crippen LogP contribution < -0.4 is 0 Å². The van der Waals surface area contributed by atoms with Crippen LogP contribution in [-0.2, 0) is 4.74 Å². The molecule has 18 heavy (non-hydrogen) atoms. The number of phenols is 1. The first-order valence-electron chi connectivity index (χ1n) is 5.99. The Hall–Kier alpha value is -0.230. The standard InChI is InChI=1S/C13H17BrO3S/c14-12-3-6-18-13(8-17-5-4-15)10-2-1-9(16)7-11(10)12/h1-2,7,12-13,15-16H,3-6,8H2. The van der Waals surface area contributed by atoms with Gasteiger partial charge in [-0.15, -0.1) is 0 Å². The highest BCUT2D eigenvalue weighted by Crippen LogP contribution is 2.43. The van der Waals surface area contributed by atoms with E-state index in [4.69, 9.17) is 9.84 Å². The van der Waals surface area contributed by atoms with Gasteiger partial charge >= 0.3 is 0 Å². The lowest BCUT2D eigenvalue weighted by Gasteiger charge is -2.18. The maximum absolute atomic E-state index is 9.61. The van der Waals surface area contributed by atoms with E-state index in [9.17, 15) is 5.11 Å². The minimum absolute atomic E-state index is 0.0564. The summed E-state index contributed by atoms with van der Waals surface area (Å²) in [7, 11) is 0. The first-order valence-corrected chi connectivity index (χ1v) is 7.96. The first-order chi connectivity index (χ1) is 8.72. The largest absolute Gasteiger partial charge is 0.508 e. The number of benzene rings is 1. The third kappa shape index (κ3) is 3.41. The molecule has 0 bridgehead atoms. The Balaban J connectivity index is 2.20. The van der Waals surface area contributed by atoms with Gasteiger partial charge in [0.15, 0.2) is 0 Å². The van der Waals surface area contributed by atoms with Crippen LogP contribution in [0.25, 0.3) is 0 Å². The van der Waals surface area contributed by atoms with Crippen molar-refractivity contribution < 1.29 is 14.9 Å². The zero-order chi connectivity index (χ0) is 13.0. The number of aliphatic hydroxyl groups is 1. The summed E-state index contributed by atoms with van der Waals surface area (Å²) in [6.45, 7) is 1.03. The number of halogens is 1. The monoisotopic (exact) mass is 332 g/mol. The Kier molecular flexibility index (Phi) is 5.36. The summed E-state index contributed by atoms with van der Waals surface area (Å²) in [5.74, 6) is 1.36. The van der Waals surface area contributed by atoms with Crippen LogP contribution >= 0.6 is 27.7 Å². The highest BCUT2D eigenvalue weighted by molar-refractivity contribution is 9.09. The van der Waals surface area contributed by atoms with E-state index < -0.39 is 0 Å². The topological polar surface area (TPSA) is 49.7 Å². The van der Waals surface area contributed by atoms with E-state index in [0.717, 1.165) is 17.7 Å². The predicted molar refractivity (Wildman–Crippen MR) is 77.5 cm³/mol. The molecule has 0 saturated heterocycles. The molecule has 1 aliphatic rings. The summed E-state index contributed by atoms with van der Waals surface area (Å²) in [5, 5.41) is 18.6. The zero-order valence-corrected chi connectivity index (χ0v) is 12.4. The fourth-order valence-corrected chi connectivity index (χ4v) is 4.25. The van der Waals surface area contributed by atoms with Crippen LogP contribution in [-0.4, -0.2) is 35.8 Å². The van der Waals surface area contributed by atoms with Crippen molar-refractivity contribution in [3.8, 4) is 5.75 Å². The molecule has 2 atom stereocenters. The number of rotatable bonds is 4. The molecule has 2 rings (SSSR count). The molecule has 1 aromatic carbocycles. The summed E-state index contributed by atoms with van der Waals surface area (Å²) in [4.78, 5) is 0.287. The number of aliphatic hydroxyl groups excluding tert-OH is 1. The molecule has 2 unspecified atom stereocenters. The first kappa shape index (κ1) is 14.2. The van der Waals surface area contributed by atoms with Crippen molar-refractivity contribution in [3.63, 3.8) is 0 Å². The Morgan fingerprint density at radius 2 is 2.22 bits per heavy atom. The van der Waals surface area contributed by atoms with Crippen molar-refractivity contribution in [1.82, 2.24) is 0 Å². The highest BCUT2D eigenvalue weighted by atomic mass is 79.9. The van der Waals surface area contributed by atoms with E-state index in [2.05, 4.69) is 15.9 Å². The third-order valence-electron chi connectivity index (χ3n) is 2.95. The van der Waals surface area contributed by atoms with Gasteiger partial charge in [-0.05, 0) is 35.4 Å². The number of phenolic OH excluding ortho intramolecular Hbond substituents is 1. The molecule has 0 fully saturated rings. The molecule has 0 aliphatic carbocycles. The maximum atomic E-state index is 9.61. The second kappa shape index (κ2) is 6.80. The smallest absolute Gasteiger partial charge is 0.115 e. The zero-order valence-electron chi connectivity index (χ0n) is 10.0. The molecule has 0 aromatic heterocycles. The number of thioether (sulfide) groups is 1. The number of hydrogen-bond donors (Lipinski definition) is 2. The fourth-order valence-electron chi connectivity index (χ4n) is 2.08. The normalized spacial score (nSPS) is 23.4. The van der Waals surface area contributed by atoms with E-state index in [-0.39, 0.29) is 16.7 Å². The minimum atomic E-state index is 0.0564. The lowest BCUT2D eigenvalue weighted by molar-refractivity contribution is 0.0932. The minimum Gasteiger partial charge on any atom is -0.508 e. The Bertz CT molecular complexity index is 400. The predicted octanol–water partition coefficient (Wildman–Crippen LogP) is 3.02. The fraction of sp³-hybridized carbons (Fsp3) is 0.538. The Morgan fingerprint density at radius 1 is 1.39 bits per heavy atom. The molecule has 2 N–H and O–H groups in total. The lowest BCUT2D eigenvalue weighted by Crippen LogP contribution is -2.08. The summed E-state index contributed by atoms with van der Waals surface area (Å²) in [6, 6.07) is 5.54. The number of ether oxygens (including phenoxy) is 1. The van der Waals surface area contributed by atoms with Gasteiger partial charge in [0, 0.05) is 4.83 Å². The van der Waals surface area contributed by atoms with Gasteiger partial charge in [-0.2, -0.15) is 11.8 Å². The SMILES string of the molecule is OCCOCC1SCCC(Br)c2cc(O)ccc21. The molecule has 0 spiro atoms. The van der Waals surface area contributed by atoms with Gasteiger partial charge in [0.25, 0.3) is 0 Å². The molecule has 0 radical (unpaired) electrons. The number of hydrogen-bond acceptors (Lipinski definition) is 4. The number of alkyl halides is 1. The molecule has 3 nitrogen and oxygen atoms in total. The Labute approximate surface area is 120 Å². The Morgan fingerprint density at radius 3 is 3.00 bits per heavy atom. The van der Waals surface area contributed by atoms with E-state index >= 15 is 0 Å². The van der Waals surface area contributed by atoms with Crippen LogP contribution in [0.3, 0.4) is 0 Å². The molecule has 0 saturated carbocycles. The average molecular weight is 333 g/mol. The molecule has 0 amide bonds. The molecule has 1 aliphatic heterocycles. The van der Waals surface area contributed by atoms with Gasteiger partial charge in [0.2, 0.25) is 0 Å². The second-order valence-corrected chi connectivity index (χ2v) is 6.64. The molecule has 1 heterocycles. The van der Waals surface area contributed by atoms with Crippen molar-refractivity contribution >= 4 is 27.7 Å². The van der Waals surface area contributed by atoms with Crippen molar-refractivity contribution in [2.75, 3.05) is 25.6 Å². The quantitative estimate of drug-likeness (QED) is 0.657. The summed E-state index contributed by atoms with van der Waals surface area (Å²) < 4.78 is 5.45. The second-order valence-electron chi connectivity index (χ2n) is 4.23.